The van der Waals surface area contributed by atoms with E-state index >= 15 is 0 Å². The second-order valence-electron chi connectivity index (χ2n) is 1.78. The molecule has 0 aliphatic rings. The van der Waals surface area contributed by atoms with E-state index in [1.54, 1.807) is 0 Å². The molecule has 0 bridgehead atoms. The Morgan fingerprint density at radius 3 is 2.91 bits per heavy atom. The van der Waals surface area contributed by atoms with Crippen LogP contribution in [0.25, 0.3) is 5.03 Å². The van der Waals surface area contributed by atoms with Gasteiger partial charge in [-0.3, -0.25) is 4.79 Å². The van der Waals surface area contributed by atoms with Crippen molar-refractivity contribution in [2.75, 3.05) is 0 Å². The van der Waals surface area contributed by atoms with E-state index in [0.29, 0.717) is 11.3 Å². The predicted molar refractivity (Wildman–Crippen MR) is 51.9 cm³/mol. The fraction of sp³-hybridized carbons (Fsp3) is 0. The van der Waals surface area contributed by atoms with Gasteiger partial charge in [-0.25, -0.2) is 0 Å². The lowest BCUT2D eigenvalue weighted by Crippen LogP contribution is -1.68. The molecule has 0 N–H and O–H groups in total. The quantitative estimate of drug-likeness (QED) is 0.582. The molecule has 0 atom stereocenters. The van der Waals surface area contributed by atoms with Crippen molar-refractivity contribution in [2.45, 2.75) is 0 Å². The van der Waals surface area contributed by atoms with Crippen LogP contribution in [0.1, 0.15) is 4.88 Å². The Morgan fingerprint density at radius 1 is 1.73 bits per heavy atom. The van der Waals surface area contributed by atoms with Crippen molar-refractivity contribution in [1.82, 2.24) is 0 Å². The highest BCUT2D eigenvalue weighted by atomic mass is 79.9. The monoisotopic (exact) mass is 250 g/mol. The highest BCUT2D eigenvalue weighted by Gasteiger charge is 1.99. The van der Waals surface area contributed by atoms with Gasteiger partial charge in [0.1, 0.15) is 6.29 Å². The third-order valence-electron chi connectivity index (χ3n) is 1.02. The molecule has 0 amide bonds. The van der Waals surface area contributed by atoms with Gasteiger partial charge in [-0.2, -0.15) is 0 Å². The standard InChI is InChI=1S/C7H4BrClOS/c8-5-3-7(11-4-5)6(9)1-2-10/h1-4H/b6-1-. The van der Waals surface area contributed by atoms with E-state index < -0.39 is 0 Å². The molecule has 1 rings (SSSR count). The van der Waals surface area contributed by atoms with Gasteiger partial charge in [-0.1, -0.05) is 11.6 Å². The zero-order chi connectivity index (χ0) is 8.27. The molecule has 0 radical (unpaired) electrons. The van der Waals surface area contributed by atoms with Crippen LogP contribution in [0.5, 0.6) is 0 Å². The van der Waals surface area contributed by atoms with Crippen molar-refractivity contribution in [3.05, 3.63) is 26.9 Å². The molecule has 0 aliphatic heterocycles. The van der Waals surface area contributed by atoms with Gasteiger partial charge in [0, 0.05) is 14.7 Å². The van der Waals surface area contributed by atoms with Gasteiger partial charge in [-0.05, 0) is 28.1 Å². The molecule has 58 valence electrons. The Hall–Kier alpha value is -0.120. The zero-order valence-electron chi connectivity index (χ0n) is 5.38. The van der Waals surface area contributed by atoms with E-state index in [2.05, 4.69) is 15.9 Å². The minimum absolute atomic E-state index is 0.482. The molecule has 0 aliphatic carbocycles. The predicted octanol–water partition coefficient (Wildman–Crippen LogP) is 3.29. The maximum absolute atomic E-state index is 10.0. The van der Waals surface area contributed by atoms with Crippen LogP contribution in [0.4, 0.5) is 0 Å². The molecular formula is C7H4BrClOS. The number of allylic oxidation sites excluding steroid dienone is 1. The lowest BCUT2D eigenvalue weighted by Gasteiger charge is -1.87. The second kappa shape index (κ2) is 4.04. The smallest absolute Gasteiger partial charge is 0.144 e. The normalized spacial score (nSPS) is 11.6. The Bertz CT molecular complexity index is 292. The van der Waals surface area contributed by atoms with Gasteiger partial charge in [0.05, 0.1) is 5.03 Å². The average Bonchev–Trinajstić information content (AvgIpc) is 2.36. The molecule has 1 heterocycles. The van der Waals surface area contributed by atoms with Crippen LogP contribution in [-0.4, -0.2) is 6.29 Å². The van der Waals surface area contributed by atoms with Crippen LogP contribution in [0.2, 0.25) is 0 Å². The lowest BCUT2D eigenvalue weighted by atomic mass is 10.4. The molecule has 11 heavy (non-hydrogen) atoms. The number of rotatable bonds is 2. The van der Waals surface area contributed by atoms with Gasteiger partial charge in [0.2, 0.25) is 0 Å². The summed E-state index contributed by atoms with van der Waals surface area (Å²) in [6.07, 6.45) is 2.01. The van der Waals surface area contributed by atoms with Gasteiger partial charge >= 0.3 is 0 Å². The van der Waals surface area contributed by atoms with Crippen molar-refractivity contribution >= 4 is 50.2 Å². The first-order chi connectivity index (χ1) is 5.24. The number of aldehydes is 1. The summed E-state index contributed by atoms with van der Waals surface area (Å²) in [6, 6.07) is 1.87. The molecule has 1 nitrogen and oxygen atoms in total. The number of halogens is 2. The largest absolute Gasteiger partial charge is 0.299 e. The van der Waals surface area contributed by atoms with Gasteiger partial charge in [0.25, 0.3) is 0 Å². The first-order valence-corrected chi connectivity index (χ1v) is 4.84. The Morgan fingerprint density at radius 2 is 2.45 bits per heavy atom. The highest BCUT2D eigenvalue weighted by Crippen LogP contribution is 2.28. The van der Waals surface area contributed by atoms with Crippen molar-refractivity contribution in [3.8, 4) is 0 Å². The number of carbonyl (C=O) groups excluding carboxylic acids is 1. The van der Waals surface area contributed by atoms with E-state index in [1.807, 2.05) is 11.4 Å². The van der Waals surface area contributed by atoms with Gasteiger partial charge < -0.3 is 0 Å². The van der Waals surface area contributed by atoms with Crippen LogP contribution in [-0.2, 0) is 4.79 Å². The molecule has 0 saturated heterocycles. The number of carbonyl (C=O) groups is 1. The molecule has 1 aromatic heterocycles. The van der Waals surface area contributed by atoms with Crippen molar-refractivity contribution in [3.63, 3.8) is 0 Å². The third kappa shape index (κ3) is 2.43. The molecule has 0 aromatic carbocycles. The second-order valence-corrected chi connectivity index (χ2v) is 4.01. The number of hydrogen-bond acceptors (Lipinski definition) is 2. The van der Waals surface area contributed by atoms with E-state index in [4.69, 9.17) is 11.6 Å². The van der Waals surface area contributed by atoms with Crippen LogP contribution in [0.15, 0.2) is 22.0 Å². The van der Waals surface area contributed by atoms with E-state index in [9.17, 15) is 4.79 Å². The van der Waals surface area contributed by atoms with Crippen molar-refractivity contribution in [1.29, 1.82) is 0 Å². The average molecular weight is 252 g/mol. The summed E-state index contributed by atoms with van der Waals surface area (Å²) in [5, 5.41) is 2.40. The highest BCUT2D eigenvalue weighted by molar-refractivity contribution is 9.10. The van der Waals surface area contributed by atoms with Gasteiger partial charge in [-0.15, -0.1) is 11.3 Å². The third-order valence-corrected chi connectivity index (χ3v) is 3.18. The number of hydrogen-bond donors (Lipinski definition) is 0. The van der Waals surface area contributed by atoms with Crippen LogP contribution in [0.3, 0.4) is 0 Å². The minimum Gasteiger partial charge on any atom is -0.299 e. The summed E-state index contributed by atoms with van der Waals surface area (Å²) >= 11 is 10.5. The van der Waals surface area contributed by atoms with Crippen LogP contribution in [0, 0.1) is 0 Å². The summed E-state index contributed by atoms with van der Waals surface area (Å²) in [7, 11) is 0. The first-order valence-electron chi connectivity index (χ1n) is 2.79. The first kappa shape index (κ1) is 8.97. The molecular weight excluding hydrogens is 247 g/mol. The van der Waals surface area contributed by atoms with E-state index in [1.165, 1.54) is 17.4 Å². The summed E-state index contributed by atoms with van der Waals surface area (Å²) in [6.45, 7) is 0. The minimum atomic E-state index is 0.482. The van der Waals surface area contributed by atoms with Crippen LogP contribution < -0.4 is 0 Å². The van der Waals surface area contributed by atoms with E-state index in [0.717, 1.165) is 9.35 Å². The Kier molecular flexibility index (Phi) is 3.30. The molecule has 4 heteroatoms. The van der Waals surface area contributed by atoms with Crippen LogP contribution >= 0.6 is 38.9 Å². The van der Waals surface area contributed by atoms with Crippen molar-refractivity contribution in [2.24, 2.45) is 0 Å². The topological polar surface area (TPSA) is 17.1 Å². The maximum Gasteiger partial charge on any atom is 0.144 e. The number of thiophene rings is 1. The summed E-state index contributed by atoms with van der Waals surface area (Å²) in [5.41, 5.74) is 0. The SMILES string of the molecule is O=C/C=C(\Cl)c1cc(Br)cs1. The fourth-order valence-corrected chi connectivity index (χ4v) is 2.16. The summed E-state index contributed by atoms with van der Waals surface area (Å²) < 4.78 is 0.981. The summed E-state index contributed by atoms with van der Waals surface area (Å²) in [5.74, 6) is 0. The molecule has 1 aromatic rings. The molecule has 0 saturated carbocycles. The molecule has 0 spiro atoms. The maximum atomic E-state index is 10.0. The lowest BCUT2D eigenvalue weighted by molar-refractivity contribution is -0.104. The Labute approximate surface area is 81.8 Å². The molecule has 0 unspecified atom stereocenters. The summed E-state index contributed by atoms with van der Waals surface area (Å²) in [4.78, 5) is 10.9. The molecule has 0 fully saturated rings. The Balaban J connectivity index is 2.93. The zero-order valence-corrected chi connectivity index (χ0v) is 8.54. The van der Waals surface area contributed by atoms with Crippen molar-refractivity contribution < 1.29 is 4.79 Å². The fourth-order valence-electron chi connectivity index (χ4n) is 0.580. The van der Waals surface area contributed by atoms with Gasteiger partial charge in [0.15, 0.2) is 0 Å². The van der Waals surface area contributed by atoms with E-state index in [-0.39, 0.29) is 0 Å².